The van der Waals surface area contributed by atoms with E-state index >= 15 is 0 Å². The molecule has 84 valence electrons. The van der Waals surface area contributed by atoms with E-state index in [0.717, 1.165) is 18.9 Å². The van der Waals surface area contributed by atoms with Crippen LogP contribution < -0.4 is 10.2 Å². The van der Waals surface area contributed by atoms with Crippen LogP contribution >= 0.6 is 0 Å². The molecule has 0 saturated heterocycles. The molecule has 3 heteroatoms. The third-order valence-electron chi connectivity index (χ3n) is 3.27. The Balaban J connectivity index is 1.84. The van der Waals surface area contributed by atoms with Crippen LogP contribution in [0.4, 0.5) is 5.69 Å². The Labute approximate surface area is 96.2 Å². The van der Waals surface area contributed by atoms with Gasteiger partial charge < -0.3 is 10.2 Å². The van der Waals surface area contributed by atoms with Crippen molar-refractivity contribution in [3.63, 3.8) is 0 Å². The molecule has 0 aromatic heterocycles. The van der Waals surface area contributed by atoms with Gasteiger partial charge in [-0.2, -0.15) is 0 Å². The van der Waals surface area contributed by atoms with Gasteiger partial charge in [0, 0.05) is 25.3 Å². The van der Waals surface area contributed by atoms with Crippen molar-refractivity contribution in [3.8, 4) is 0 Å². The van der Waals surface area contributed by atoms with Crippen LogP contribution in [0.1, 0.15) is 18.4 Å². The maximum atomic E-state index is 4.38. The molecule has 16 heavy (non-hydrogen) atoms. The second-order valence-corrected chi connectivity index (χ2v) is 4.50. The summed E-state index contributed by atoms with van der Waals surface area (Å²) in [6.45, 7) is 1.05. The van der Waals surface area contributed by atoms with Crippen LogP contribution in [0.3, 0.4) is 0 Å². The van der Waals surface area contributed by atoms with Crippen molar-refractivity contribution < 1.29 is 0 Å². The van der Waals surface area contributed by atoms with Gasteiger partial charge in [0.05, 0.1) is 0 Å². The van der Waals surface area contributed by atoms with Gasteiger partial charge in [-0.3, -0.25) is 4.99 Å². The molecule has 1 saturated carbocycles. The van der Waals surface area contributed by atoms with E-state index in [1.165, 1.54) is 24.1 Å². The minimum absolute atomic E-state index is 0.659. The fourth-order valence-electron chi connectivity index (χ4n) is 2.23. The standard InChI is InChI=1S/C13H17N3/c1-14-13(15-11-6-7-11)16-9-8-10-4-2-3-5-12(10)16/h2-5,11H,6-9H2,1H3,(H,14,15). The van der Waals surface area contributed by atoms with Crippen molar-refractivity contribution in [2.24, 2.45) is 4.99 Å². The molecule has 1 N–H and O–H groups in total. The minimum atomic E-state index is 0.659. The maximum absolute atomic E-state index is 4.38. The first-order chi connectivity index (χ1) is 7.88. The average Bonchev–Trinajstić information content (AvgIpc) is 3.04. The van der Waals surface area contributed by atoms with E-state index in [4.69, 9.17) is 0 Å². The average molecular weight is 215 g/mol. The molecule has 0 amide bonds. The van der Waals surface area contributed by atoms with E-state index in [1.807, 2.05) is 7.05 Å². The summed E-state index contributed by atoms with van der Waals surface area (Å²) in [6.07, 6.45) is 3.70. The number of benzene rings is 1. The third-order valence-corrected chi connectivity index (χ3v) is 3.27. The number of anilines is 1. The largest absolute Gasteiger partial charge is 0.353 e. The molecule has 0 bridgehead atoms. The van der Waals surface area contributed by atoms with Crippen molar-refractivity contribution in [1.82, 2.24) is 5.32 Å². The fraction of sp³-hybridized carbons (Fsp3) is 0.462. The van der Waals surface area contributed by atoms with Gasteiger partial charge in [-0.05, 0) is 30.9 Å². The second kappa shape index (κ2) is 3.81. The van der Waals surface area contributed by atoms with Gasteiger partial charge in [0.15, 0.2) is 5.96 Å². The molecule has 2 aliphatic rings. The van der Waals surface area contributed by atoms with Crippen molar-refractivity contribution in [2.75, 3.05) is 18.5 Å². The van der Waals surface area contributed by atoms with Crippen LogP contribution in [0.5, 0.6) is 0 Å². The van der Waals surface area contributed by atoms with Crippen LogP contribution in [0.25, 0.3) is 0 Å². The number of fused-ring (bicyclic) bond motifs is 1. The van der Waals surface area contributed by atoms with Gasteiger partial charge in [0.2, 0.25) is 0 Å². The maximum Gasteiger partial charge on any atom is 0.198 e. The summed E-state index contributed by atoms with van der Waals surface area (Å²) in [4.78, 5) is 6.68. The van der Waals surface area contributed by atoms with Crippen molar-refractivity contribution in [1.29, 1.82) is 0 Å². The molecule has 1 aliphatic carbocycles. The summed E-state index contributed by atoms with van der Waals surface area (Å²) >= 11 is 0. The van der Waals surface area contributed by atoms with E-state index in [9.17, 15) is 0 Å². The first-order valence-corrected chi connectivity index (χ1v) is 5.97. The Morgan fingerprint density at radius 1 is 1.38 bits per heavy atom. The van der Waals surface area contributed by atoms with Crippen LogP contribution in [0.2, 0.25) is 0 Å². The van der Waals surface area contributed by atoms with E-state index in [-0.39, 0.29) is 0 Å². The predicted octanol–water partition coefficient (Wildman–Crippen LogP) is 1.79. The zero-order valence-electron chi connectivity index (χ0n) is 9.61. The van der Waals surface area contributed by atoms with Crippen LogP contribution in [-0.2, 0) is 6.42 Å². The SMILES string of the molecule is CN=C(NC1CC1)N1CCc2ccccc21. The molecule has 0 radical (unpaired) electrons. The number of aliphatic imine (C=N–C) groups is 1. The van der Waals surface area contributed by atoms with Gasteiger partial charge in [-0.15, -0.1) is 0 Å². The lowest BCUT2D eigenvalue weighted by Crippen LogP contribution is -2.41. The molecular formula is C13H17N3. The van der Waals surface area contributed by atoms with Gasteiger partial charge >= 0.3 is 0 Å². The first kappa shape index (κ1) is 9.70. The molecule has 1 aliphatic heterocycles. The predicted molar refractivity (Wildman–Crippen MR) is 67.0 cm³/mol. The van der Waals surface area contributed by atoms with E-state index in [2.05, 4.69) is 39.5 Å². The van der Waals surface area contributed by atoms with Crippen molar-refractivity contribution in [2.45, 2.75) is 25.3 Å². The topological polar surface area (TPSA) is 27.6 Å². The van der Waals surface area contributed by atoms with Crippen LogP contribution in [0, 0.1) is 0 Å². The lowest BCUT2D eigenvalue weighted by Gasteiger charge is -2.22. The van der Waals surface area contributed by atoms with Crippen molar-refractivity contribution in [3.05, 3.63) is 29.8 Å². The van der Waals surface area contributed by atoms with Crippen LogP contribution in [-0.4, -0.2) is 25.6 Å². The number of nitrogens with one attached hydrogen (secondary N) is 1. The highest BCUT2D eigenvalue weighted by Gasteiger charge is 2.27. The monoisotopic (exact) mass is 215 g/mol. The smallest absolute Gasteiger partial charge is 0.198 e. The first-order valence-electron chi connectivity index (χ1n) is 5.97. The number of hydrogen-bond donors (Lipinski definition) is 1. The summed E-state index contributed by atoms with van der Waals surface area (Å²) in [7, 11) is 1.87. The van der Waals surface area contributed by atoms with Crippen molar-refractivity contribution >= 4 is 11.6 Å². The molecular weight excluding hydrogens is 198 g/mol. The quantitative estimate of drug-likeness (QED) is 0.571. The number of para-hydroxylation sites is 1. The molecule has 1 heterocycles. The highest BCUT2D eigenvalue weighted by molar-refractivity contribution is 5.98. The van der Waals surface area contributed by atoms with E-state index in [0.29, 0.717) is 6.04 Å². The molecule has 1 aromatic carbocycles. The Hall–Kier alpha value is -1.51. The highest BCUT2D eigenvalue weighted by atomic mass is 15.3. The van der Waals surface area contributed by atoms with E-state index in [1.54, 1.807) is 0 Å². The summed E-state index contributed by atoms with van der Waals surface area (Å²) in [5.74, 6) is 1.03. The Morgan fingerprint density at radius 2 is 2.19 bits per heavy atom. The Kier molecular flexibility index (Phi) is 2.31. The Morgan fingerprint density at radius 3 is 2.94 bits per heavy atom. The summed E-state index contributed by atoms with van der Waals surface area (Å²) in [6, 6.07) is 9.26. The normalized spacial score (nSPS) is 19.8. The van der Waals surface area contributed by atoms with Gasteiger partial charge in [0.25, 0.3) is 0 Å². The lowest BCUT2D eigenvalue weighted by atomic mass is 10.2. The number of guanidine groups is 1. The number of hydrogen-bond acceptors (Lipinski definition) is 1. The fourth-order valence-corrected chi connectivity index (χ4v) is 2.23. The molecule has 3 nitrogen and oxygen atoms in total. The molecule has 0 atom stereocenters. The van der Waals surface area contributed by atoms with Gasteiger partial charge in [-0.1, -0.05) is 18.2 Å². The van der Waals surface area contributed by atoms with Crippen LogP contribution in [0.15, 0.2) is 29.3 Å². The number of rotatable bonds is 1. The highest BCUT2D eigenvalue weighted by Crippen LogP contribution is 2.28. The molecule has 0 spiro atoms. The number of nitrogens with zero attached hydrogens (tertiary/aromatic N) is 2. The summed E-state index contributed by atoms with van der Waals surface area (Å²) in [5, 5.41) is 3.50. The van der Waals surface area contributed by atoms with E-state index < -0.39 is 0 Å². The minimum Gasteiger partial charge on any atom is -0.353 e. The zero-order valence-corrected chi connectivity index (χ0v) is 9.61. The summed E-state index contributed by atoms with van der Waals surface area (Å²) < 4.78 is 0. The Bertz CT molecular complexity index is 421. The molecule has 0 unspecified atom stereocenters. The summed E-state index contributed by atoms with van der Waals surface area (Å²) in [5.41, 5.74) is 2.75. The molecule has 1 fully saturated rings. The lowest BCUT2D eigenvalue weighted by molar-refractivity contribution is 0.862. The van der Waals surface area contributed by atoms with Gasteiger partial charge in [0.1, 0.15) is 0 Å². The molecule has 1 aromatic rings. The zero-order chi connectivity index (χ0) is 11.0. The third kappa shape index (κ3) is 1.66. The molecule has 3 rings (SSSR count). The second-order valence-electron chi connectivity index (χ2n) is 4.50. The van der Waals surface area contributed by atoms with Gasteiger partial charge in [-0.25, -0.2) is 0 Å².